The van der Waals surface area contributed by atoms with Gasteiger partial charge in [-0.2, -0.15) is 4.98 Å². The Hall–Kier alpha value is -1.71. The highest BCUT2D eigenvalue weighted by atomic mass is 32.2. The number of aromatic nitrogens is 4. The van der Waals surface area contributed by atoms with E-state index in [0.29, 0.717) is 18.3 Å². The van der Waals surface area contributed by atoms with Crippen molar-refractivity contribution in [1.82, 2.24) is 24.6 Å². The van der Waals surface area contributed by atoms with Gasteiger partial charge in [-0.25, -0.2) is 4.98 Å². The van der Waals surface area contributed by atoms with Crippen LogP contribution in [0.5, 0.6) is 0 Å². The molecular formula is C23H33N5O2S2. The number of hydrogen-bond donors (Lipinski definition) is 0. The molecule has 0 saturated heterocycles. The largest absolute Gasteiger partial charge is 0.338 e. The zero-order chi connectivity index (χ0) is 23.0. The summed E-state index contributed by atoms with van der Waals surface area (Å²) in [6, 6.07) is 0. The van der Waals surface area contributed by atoms with Crippen LogP contribution in [0.4, 0.5) is 0 Å². The normalized spacial score (nSPS) is 15.5. The molecule has 1 unspecified atom stereocenters. The monoisotopic (exact) mass is 475 g/mol. The molecule has 0 bridgehead atoms. The highest BCUT2D eigenvalue weighted by Crippen LogP contribution is 2.38. The lowest BCUT2D eigenvalue weighted by Crippen LogP contribution is -2.26. The van der Waals surface area contributed by atoms with Gasteiger partial charge in [-0.15, -0.1) is 11.3 Å². The second kappa shape index (κ2) is 9.27. The second-order valence-electron chi connectivity index (χ2n) is 9.87. The first-order chi connectivity index (χ1) is 15.1. The van der Waals surface area contributed by atoms with Crippen LogP contribution in [-0.2, 0) is 24.8 Å². The van der Waals surface area contributed by atoms with Gasteiger partial charge in [0.15, 0.2) is 11.0 Å². The Morgan fingerprint density at radius 3 is 2.66 bits per heavy atom. The molecular weight excluding hydrogens is 442 g/mol. The van der Waals surface area contributed by atoms with Crippen LogP contribution < -0.4 is 5.56 Å². The highest BCUT2D eigenvalue weighted by molar-refractivity contribution is 7.99. The molecule has 0 saturated carbocycles. The SMILES string of the molecule is CC(Sc1nc2sc3c(c2c(=O)n1CCCN(C)C)CCCC3)c1nc(C(C)(C)C)no1. The quantitative estimate of drug-likeness (QED) is 0.358. The third-order valence-corrected chi connectivity index (χ3v) is 8.03. The minimum absolute atomic E-state index is 0.0994. The average Bonchev–Trinajstić information content (AvgIpc) is 3.34. The fourth-order valence-electron chi connectivity index (χ4n) is 3.97. The van der Waals surface area contributed by atoms with E-state index in [-0.39, 0.29) is 16.2 Å². The minimum atomic E-state index is -0.173. The van der Waals surface area contributed by atoms with E-state index in [4.69, 9.17) is 9.51 Å². The van der Waals surface area contributed by atoms with Crippen LogP contribution in [0.15, 0.2) is 14.5 Å². The van der Waals surface area contributed by atoms with Gasteiger partial charge in [0.2, 0.25) is 5.89 Å². The van der Waals surface area contributed by atoms with E-state index in [1.807, 2.05) is 11.5 Å². The van der Waals surface area contributed by atoms with Gasteiger partial charge in [0.05, 0.1) is 10.6 Å². The number of nitrogens with zero attached hydrogens (tertiary/aromatic N) is 5. The Morgan fingerprint density at radius 2 is 1.97 bits per heavy atom. The maximum Gasteiger partial charge on any atom is 0.263 e. The molecule has 1 atom stereocenters. The molecule has 174 valence electrons. The molecule has 0 spiro atoms. The molecule has 1 aliphatic rings. The molecule has 0 radical (unpaired) electrons. The van der Waals surface area contributed by atoms with E-state index < -0.39 is 0 Å². The molecule has 4 rings (SSSR count). The van der Waals surface area contributed by atoms with Crippen molar-refractivity contribution < 1.29 is 4.52 Å². The average molecular weight is 476 g/mol. The van der Waals surface area contributed by atoms with E-state index in [2.05, 4.69) is 49.9 Å². The van der Waals surface area contributed by atoms with E-state index in [1.54, 1.807) is 11.3 Å². The van der Waals surface area contributed by atoms with Crippen molar-refractivity contribution in [3.05, 3.63) is 32.5 Å². The first-order valence-corrected chi connectivity index (χ1v) is 13.1. The fraction of sp³-hybridized carbons (Fsp3) is 0.652. The molecule has 0 fully saturated rings. The van der Waals surface area contributed by atoms with Crippen molar-refractivity contribution >= 4 is 33.3 Å². The Balaban J connectivity index is 1.71. The molecule has 3 aromatic heterocycles. The summed E-state index contributed by atoms with van der Waals surface area (Å²) in [5.74, 6) is 1.26. The van der Waals surface area contributed by atoms with Crippen LogP contribution in [0.25, 0.3) is 10.2 Å². The number of thioether (sulfide) groups is 1. The molecule has 0 aromatic carbocycles. The second-order valence-corrected chi connectivity index (χ2v) is 12.3. The van der Waals surface area contributed by atoms with Gasteiger partial charge in [-0.3, -0.25) is 9.36 Å². The van der Waals surface area contributed by atoms with Crippen molar-refractivity contribution in [1.29, 1.82) is 0 Å². The van der Waals surface area contributed by atoms with Crippen LogP contribution >= 0.6 is 23.1 Å². The summed E-state index contributed by atoms with van der Waals surface area (Å²) in [4.78, 5) is 27.6. The van der Waals surface area contributed by atoms with Crippen LogP contribution in [0.2, 0.25) is 0 Å². The fourth-order valence-corrected chi connectivity index (χ4v) is 6.23. The summed E-state index contributed by atoms with van der Waals surface area (Å²) in [6.07, 6.45) is 5.29. The van der Waals surface area contributed by atoms with Crippen molar-refractivity contribution in [3.63, 3.8) is 0 Å². The van der Waals surface area contributed by atoms with Crippen LogP contribution in [0.1, 0.15) is 74.4 Å². The molecule has 0 N–H and O–H groups in total. The third kappa shape index (κ3) is 4.79. The summed E-state index contributed by atoms with van der Waals surface area (Å²) in [7, 11) is 4.11. The first-order valence-electron chi connectivity index (χ1n) is 11.4. The number of hydrogen-bond acceptors (Lipinski definition) is 8. The van der Waals surface area contributed by atoms with Crippen LogP contribution in [0, 0.1) is 0 Å². The van der Waals surface area contributed by atoms with Gasteiger partial charge in [0.25, 0.3) is 5.56 Å². The van der Waals surface area contributed by atoms with E-state index >= 15 is 0 Å². The molecule has 7 nitrogen and oxygen atoms in total. The van der Waals surface area contributed by atoms with Gasteiger partial charge in [0.1, 0.15) is 4.83 Å². The summed E-state index contributed by atoms with van der Waals surface area (Å²) >= 11 is 3.23. The summed E-state index contributed by atoms with van der Waals surface area (Å²) in [5.41, 5.74) is 1.17. The number of rotatable bonds is 7. The highest BCUT2D eigenvalue weighted by Gasteiger charge is 2.26. The Morgan fingerprint density at radius 1 is 1.22 bits per heavy atom. The maximum absolute atomic E-state index is 13.7. The zero-order valence-corrected chi connectivity index (χ0v) is 21.5. The lowest BCUT2D eigenvalue weighted by atomic mass is 9.96. The standard InChI is InChI=1S/C23H33N5O2S2/c1-14(18-24-21(26-30-18)23(2,3)4)31-22-25-19-17(15-10-7-8-11-16(15)32-19)20(29)28(22)13-9-12-27(5)6/h14H,7-13H2,1-6H3. The molecule has 32 heavy (non-hydrogen) atoms. The lowest BCUT2D eigenvalue weighted by molar-refractivity contribution is 0.364. The van der Waals surface area contributed by atoms with Gasteiger partial charge < -0.3 is 9.42 Å². The molecule has 3 aromatic rings. The predicted molar refractivity (Wildman–Crippen MR) is 131 cm³/mol. The summed E-state index contributed by atoms with van der Waals surface area (Å²) in [6.45, 7) is 9.80. The third-order valence-electron chi connectivity index (χ3n) is 5.77. The predicted octanol–water partition coefficient (Wildman–Crippen LogP) is 4.82. The maximum atomic E-state index is 13.7. The van der Waals surface area contributed by atoms with Gasteiger partial charge >= 0.3 is 0 Å². The van der Waals surface area contributed by atoms with Crippen molar-refractivity contribution in [2.24, 2.45) is 0 Å². The number of aryl methyl sites for hydroxylation is 2. The topological polar surface area (TPSA) is 77.1 Å². The van der Waals surface area contributed by atoms with E-state index in [9.17, 15) is 4.79 Å². The Bertz CT molecular complexity index is 1160. The van der Waals surface area contributed by atoms with Gasteiger partial charge in [-0.05, 0) is 65.2 Å². The molecule has 3 heterocycles. The van der Waals surface area contributed by atoms with E-state index in [1.165, 1.54) is 28.6 Å². The summed E-state index contributed by atoms with van der Waals surface area (Å²) < 4.78 is 7.43. The number of fused-ring (bicyclic) bond motifs is 3. The molecule has 0 amide bonds. The Kier molecular flexibility index (Phi) is 6.79. The smallest absolute Gasteiger partial charge is 0.263 e. The van der Waals surface area contributed by atoms with E-state index in [0.717, 1.165) is 47.6 Å². The zero-order valence-electron chi connectivity index (χ0n) is 19.9. The van der Waals surface area contributed by atoms with Crippen molar-refractivity contribution in [3.8, 4) is 0 Å². The van der Waals surface area contributed by atoms with Crippen molar-refractivity contribution in [2.45, 2.75) is 82.2 Å². The first kappa shape index (κ1) is 23.4. The van der Waals surface area contributed by atoms with Crippen molar-refractivity contribution in [2.75, 3.05) is 20.6 Å². The van der Waals surface area contributed by atoms with Gasteiger partial charge in [0, 0.05) is 16.8 Å². The molecule has 9 heteroatoms. The molecule has 0 aliphatic heterocycles. The van der Waals surface area contributed by atoms with Crippen LogP contribution in [-0.4, -0.2) is 45.2 Å². The lowest BCUT2D eigenvalue weighted by Gasteiger charge is -2.16. The Labute approximate surface area is 197 Å². The van der Waals surface area contributed by atoms with Crippen LogP contribution in [0.3, 0.4) is 0 Å². The van der Waals surface area contributed by atoms with Gasteiger partial charge in [-0.1, -0.05) is 37.7 Å². The molecule has 1 aliphatic carbocycles. The minimum Gasteiger partial charge on any atom is -0.338 e. The number of thiophene rings is 1. The summed E-state index contributed by atoms with van der Waals surface area (Å²) in [5, 5.41) is 5.65.